The Balaban J connectivity index is 1.51. The van der Waals surface area contributed by atoms with Crippen LogP contribution in [0.3, 0.4) is 0 Å². The van der Waals surface area contributed by atoms with Crippen molar-refractivity contribution < 1.29 is 0 Å². The Morgan fingerprint density at radius 2 is 1.88 bits per heavy atom. The van der Waals surface area contributed by atoms with Crippen molar-refractivity contribution in [3.63, 3.8) is 0 Å². The largest absolute Gasteiger partial charge is 0.360 e. The molecule has 1 atom stereocenters. The highest BCUT2D eigenvalue weighted by molar-refractivity contribution is 6.36. The molecule has 4 heterocycles. The lowest BCUT2D eigenvalue weighted by Crippen LogP contribution is -2.49. The molecule has 0 aliphatic carbocycles. The maximum absolute atomic E-state index is 6.65. The Morgan fingerprint density at radius 1 is 1.06 bits per heavy atom. The van der Waals surface area contributed by atoms with Gasteiger partial charge in [-0.2, -0.15) is 0 Å². The van der Waals surface area contributed by atoms with Gasteiger partial charge in [-0.05, 0) is 38.3 Å². The van der Waals surface area contributed by atoms with E-state index in [0.29, 0.717) is 23.0 Å². The van der Waals surface area contributed by atoms with Crippen molar-refractivity contribution in [2.45, 2.75) is 32.9 Å². The zero-order chi connectivity index (χ0) is 22.2. The fourth-order valence-electron chi connectivity index (χ4n) is 4.32. The zero-order valence-electron chi connectivity index (χ0n) is 18.5. The number of aromatic nitrogens is 5. The van der Waals surface area contributed by atoms with Crippen LogP contribution in [0.1, 0.15) is 32.5 Å². The lowest BCUT2D eigenvalue weighted by atomic mass is 10.1. The summed E-state index contributed by atoms with van der Waals surface area (Å²) in [4.78, 5) is 25.9. The number of aromatic amines is 1. The number of rotatable bonds is 5. The van der Waals surface area contributed by atoms with E-state index in [1.807, 2.05) is 12.1 Å². The van der Waals surface area contributed by atoms with E-state index >= 15 is 0 Å². The molecule has 1 saturated heterocycles. The SMILES string of the molecule is CC(C)N1CCN(c2nc([C@H](C)Nc3ncnc4[nH]cnc34)cc3cccc(Cl)c23)CC1. The molecule has 0 bridgehead atoms. The van der Waals surface area contributed by atoms with Crippen molar-refractivity contribution in [2.75, 3.05) is 36.4 Å². The zero-order valence-corrected chi connectivity index (χ0v) is 19.3. The van der Waals surface area contributed by atoms with E-state index in [-0.39, 0.29) is 6.04 Å². The molecule has 1 aromatic carbocycles. The Morgan fingerprint density at radius 3 is 2.66 bits per heavy atom. The Bertz CT molecular complexity index is 1250. The third kappa shape index (κ3) is 3.84. The number of anilines is 2. The van der Waals surface area contributed by atoms with Gasteiger partial charge in [0.15, 0.2) is 11.5 Å². The minimum absolute atomic E-state index is 0.0797. The predicted molar refractivity (Wildman–Crippen MR) is 129 cm³/mol. The molecule has 5 rings (SSSR count). The number of imidazole rings is 1. The lowest BCUT2D eigenvalue weighted by molar-refractivity contribution is 0.209. The average molecular weight is 451 g/mol. The van der Waals surface area contributed by atoms with E-state index in [2.05, 4.69) is 68.0 Å². The Hall–Kier alpha value is -2.97. The second-order valence-corrected chi connectivity index (χ2v) is 8.92. The molecule has 32 heavy (non-hydrogen) atoms. The molecule has 4 aromatic rings. The number of nitrogens with zero attached hydrogens (tertiary/aromatic N) is 6. The van der Waals surface area contributed by atoms with Gasteiger partial charge in [-0.3, -0.25) is 4.90 Å². The molecule has 1 fully saturated rings. The molecule has 0 spiro atoms. The van der Waals surface area contributed by atoms with Crippen LogP contribution in [0.4, 0.5) is 11.6 Å². The van der Waals surface area contributed by atoms with Crippen molar-refractivity contribution in [3.05, 3.63) is 47.6 Å². The molecule has 0 unspecified atom stereocenters. The topological polar surface area (TPSA) is 85.9 Å². The minimum Gasteiger partial charge on any atom is -0.360 e. The van der Waals surface area contributed by atoms with Crippen LogP contribution in [0.2, 0.25) is 5.02 Å². The molecular formula is C23H27ClN8. The third-order valence-corrected chi connectivity index (χ3v) is 6.48. The molecule has 0 amide bonds. The summed E-state index contributed by atoms with van der Waals surface area (Å²) in [6.45, 7) is 10.5. The smallest absolute Gasteiger partial charge is 0.162 e. The standard InChI is InChI=1S/C23H27ClN8/c1-14(2)31-7-9-32(10-8-31)23-19-16(5-4-6-17(19)24)11-18(30-23)15(3)29-22-20-21(26-12-25-20)27-13-28-22/h4-6,11-15H,7-10H2,1-3H3,(H2,25,26,27,28,29)/t15-/m0/s1. The van der Waals surface area contributed by atoms with Crippen molar-refractivity contribution in [2.24, 2.45) is 0 Å². The number of hydrogen-bond acceptors (Lipinski definition) is 7. The van der Waals surface area contributed by atoms with Gasteiger partial charge in [0, 0.05) is 37.6 Å². The summed E-state index contributed by atoms with van der Waals surface area (Å²) in [5, 5.41) is 6.30. The molecule has 166 valence electrons. The summed E-state index contributed by atoms with van der Waals surface area (Å²) < 4.78 is 0. The number of pyridine rings is 1. The van der Waals surface area contributed by atoms with Gasteiger partial charge in [0.1, 0.15) is 17.7 Å². The van der Waals surface area contributed by atoms with Crippen LogP contribution in [-0.4, -0.2) is 62.0 Å². The normalized spacial score (nSPS) is 16.2. The maximum Gasteiger partial charge on any atom is 0.162 e. The van der Waals surface area contributed by atoms with Crippen LogP contribution in [-0.2, 0) is 0 Å². The fraction of sp³-hybridized carbons (Fsp3) is 0.391. The van der Waals surface area contributed by atoms with Crippen LogP contribution < -0.4 is 10.2 Å². The van der Waals surface area contributed by atoms with Crippen LogP contribution in [0.15, 0.2) is 36.9 Å². The first-order valence-corrected chi connectivity index (χ1v) is 11.4. The second kappa shape index (κ2) is 8.52. The summed E-state index contributed by atoms with van der Waals surface area (Å²) >= 11 is 6.65. The highest BCUT2D eigenvalue weighted by Crippen LogP contribution is 2.34. The lowest BCUT2D eigenvalue weighted by Gasteiger charge is -2.38. The summed E-state index contributed by atoms with van der Waals surface area (Å²) in [7, 11) is 0. The van der Waals surface area contributed by atoms with Crippen LogP contribution in [0.5, 0.6) is 0 Å². The Kier molecular flexibility index (Phi) is 5.57. The summed E-state index contributed by atoms with van der Waals surface area (Å²) in [6, 6.07) is 8.61. The van der Waals surface area contributed by atoms with E-state index in [4.69, 9.17) is 16.6 Å². The van der Waals surface area contributed by atoms with Crippen LogP contribution >= 0.6 is 11.6 Å². The van der Waals surface area contributed by atoms with Gasteiger partial charge < -0.3 is 15.2 Å². The molecule has 2 N–H and O–H groups in total. The van der Waals surface area contributed by atoms with Crippen LogP contribution in [0, 0.1) is 0 Å². The van der Waals surface area contributed by atoms with Gasteiger partial charge in [0.05, 0.1) is 23.1 Å². The minimum atomic E-state index is -0.0797. The summed E-state index contributed by atoms with van der Waals surface area (Å²) in [5.74, 6) is 1.64. The van der Waals surface area contributed by atoms with Gasteiger partial charge in [0.2, 0.25) is 0 Å². The number of piperazine rings is 1. The number of H-pyrrole nitrogens is 1. The highest BCUT2D eigenvalue weighted by atomic mass is 35.5. The fourth-order valence-corrected chi connectivity index (χ4v) is 4.58. The molecule has 8 nitrogen and oxygen atoms in total. The van der Waals surface area contributed by atoms with Crippen LogP contribution in [0.25, 0.3) is 21.9 Å². The molecule has 0 radical (unpaired) electrons. The predicted octanol–water partition coefficient (Wildman–Crippen LogP) is 4.26. The first kappa shape index (κ1) is 20.9. The van der Waals surface area contributed by atoms with E-state index in [1.54, 1.807) is 6.33 Å². The number of halogens is 1. The summed E-state index contributed by atoms with van der Waals surface area (Å²) in [5.41, 5.74) is 2.35. The van der Waals surface area contributed by atoms with Gasteiger partial charge in [-0.1, -0.05) is 23.7 Å². The Labute approximate surface area is 192 Å². The van der Waals surface area contributed by atoms with E-state index in [9.17, 15) is 0 Å². The monoisotopic (exact) mass is 450 g/mol. The molecule has 0 saturated carbocycles. The van der Waals surface area contributed by atoms with Gasteiger partial charge >= 0.3 is 0 Å². The first-order chi connectivity index (χ1) is 15.5. The second-order valence-electron chi connectivity index (χ2n) is 8.51. The quantitative estimate of drug-likeness (QED) is 0.469. The van der Waals surface area contributed by atoms with Gasteiger partial charge in [-0.15, -0.1) is 0 Å². The third-order valence-electron chi connectivity index (χ3n) is 6.17. The molecular weight excluding hydrogens is 424 g/mol. The van der Waals surface area contributed by atoms with Gasteiger partial charge in [-0.25, -0.2) is 19.9 Å². The van der Waals surface area contributed by atoms with Crippen molar-refractivity contribution >= 4 is 45.2 Å². The highest BCUT2D eigenvalue weighted by Gasteiger charge is 2.24. The average Bonchev–Trinajstić information content (AvgIpc) is 3.28. The number of benzene rings is 1. The van der Waals surface area contributed by atoms with Gasteiger partial charge in [0.25, 0.3) is 0 Å². The molecule has 9 heteroatoms. The van der Waals surface area contributed by atoms with Crippen molar-refractivity contribution in [1.29, 1.82) is 0 Å². The molecule has 1 aliphatic heterocycles. The number of nitrogens with one attached hydrogen (secondary N) is 2. The summed E-state index contributed by atoms with van der Waals surface area (Å²) in [6.07, 6.45) is 3.16. The molecule has 1 aliphatic rings. The van der Waals surface area contributed by atoms with Crippen molar-refractivity contribution in [3.8, 4) is 0 Å². The van der Waals surface area contributed by atoms with Crippen molar-refractivity contribution in [1.82, 2.24) is 29.8 Å². The van der Waals surface area contributed by atoms with E-state index < -0.39 is 0 Å². The molecule has 3 aromatic heterocycles. The van der Waals surface area contributed by atoms with E-state index in [1.165, 1.54) is 6.33 Å². The van der Waals surface area contributed by atoms with E-state index in [0.717, 1.165) is 53.5 Å². The maximum atomic E-state index is 6.65. The first-order valence-electron chi connectivity index (χ1n) is 11.0. The number of fused-ring (bicyclic) bond motifs is 2. The number of hydrogen-bond donors (Lipinski definition) is 2.